The molecule has 0 heterocycles. The van der Waals surface area contributed by atoms with Crippen LogP contribution in [0.1, 0.15) is 66.2 Å². The summed E-state index contributed by atoms with van der Waals surface area (Å²) in [6.07, 6.45) is 8.85. The van der Waals surface area contributed by atoms with Gasteiger partial charge in [0.2, 0.25) is 0 Å². The molecular weight excluding hydrogens is 224 g/mol. The summed E-state index contributed by atoms with van der Waals surface area (Å²) in [5.41, 5.74) is 0. The number of hydrogen-bond acceptors (Lipinski definition) is 1. The second-order valence-corrected chi connectivity index (χ2v) is 8.50. The average Bonchev–Trinajstić information content (AvgIpc) is 2.26. The molecule has 0 saturated heterocycles. The van der Waals surface area contributed by atoms with Crippen molar-refractivity contribution in [1.82, 2.24) is 0 Å². The van der Waals surface area contributed by atoms with Crippen LogP contribution < -0.4 is 0 Å². The van der Waals surface area contributed by atoms with Crippen LogP contribution in [0.15, 0.2) is 0 Å². The van der Waals surface area contributed by atoms with E-state index in [2.05, 4.69) is 39.5 Å². The van der Waals surface area contributed by atoms with E-state index in [0.717, 1.165) is 34.2 Å². The lowest BCUT2D eigenvalue weighted by Crippen LogP contribution is -2.33. The summed E-state index contributed by atoms with van der Waals surface area (Å²) in [6, 6.07) is 0. The van der Waals surface area contributed by atoms with Gasteiger partial charge in [0.15, 0.2) is 0 Å². The molecule has 2 aliphatic rings. The van der Waals surface area contributed by atoms with Gasteiger partial charge in [-0.05, 0) is 62.2 Å². The molecule has 0 spiro atoms. The van der Waals surface area contributed by atoms with Crippen LogP contribution in [-0.2, 0) is 0 Å². The van der Waals surface area contributed by atoms with Gasteiger partial charge in [0, 0.05) is 10.5 Å². The SMILES string of the molecule is CC1CCC(SC2C(C)CC(C)CC2C)CC1. The Morgan fingerprint density at radius 1 is 0.706 bits per heavy atom. The van der Waals surface area contributed by atoms with Gasteiger partial charge in [0.1, 0.15) is 0 Å². The van der Waals surface area contributed by atoms with E-state index < -0.39 is 0 Å². The standard InChI is InChI=1S/C16H30S/c1-11-5-7-15(8-6-11)17-16-13(3)9-12(2)10-14(16)4/h11-16H,5-10H2,1-4H3. The quantitative estimate of drug-likeness (QED) is 0.638. The van der Waals surface area contributed by atoms with Crippen molar-refractivity contribution in [3.8, 4) is 0 Å². The molecule has 2 saturated carbocycles. The van der Waals surface area contributed by atoms with E-state index in [0.29, 0.717) is 0 Å². The minimum atomic E-state index is 0.943. The van der Waals surface area contributed by atoms with Gasteiger partial charge in [-0.15, -0.1) is 0 Å². The molecule has 0 bridgehead atoms. The first kappa shape index (κ1) is 13.8. The minimum Gasteiger partial charge on any atom is -0.155 e. The maximum atomic E-state index is 2.50. The molecule has 100 valence electrons. The van der Waals surface area contributed by atoms with Crippen LogP contribution in [0.3, 0.4) is 0 Å². The van der Waals surface area contributed by atoms with Crippen molar-refractivity contribution >= 4 is 11.8 Å². The Labute approximate surface area is 112 Å². The Kier molecular flexibility index (Phi) is 4.86. The van der Waals surface area contributed by atoms with Gasteiger partial charge in [-0.1, -0.05) is 27.7 Å². The molecule has 2 atom stereocenters. The van der Waals surface area contributed by atoms with Crippen LogP contribution >= 0.6 is 11.8 Å². The van der Waals surface area contributed by atoms with E-state index in [1.54, 1.807) is 0 Å². The summed E-state index contributed by atoms with van der Waals surface area (Å²) in [6.45, 7) is 9.86. The molecular formula is C16H30S. The van der Waals surface area contributed by atoms with Gasteiger partial charge in [0.05, 0.1) is 0 Å². The van der Waals surface area contributed by atoms with E-state index in [4.69, 9.17) is 0 Å². The van der Waals surface area contributed by atoms with Crippen LogP contribution in [0.25, 0.3) is 0 Å². The fourth-order valence-corrected chi connectivity index (χ4v) is 5.80. The summed E-state index contributed by atoms with van der Waals surface area (Å²) in [5.74, 6) is 3.84. The lowest BCUT2D eigenvalue weighted by atomic mass is 9.77. The minimum absolute atomic E-state index is 0.943. The number of rotatable bonds is 2. The molecule has 0 N–H and O–H groups in total. The predicted molar refractivity (Wildman–Crippen MR) is 79.5 cm³/mol. The smallest absolute Gasteiger partial charge is 0.0101 e. The fraction of sp³-hybridized carbons (Fsp3) is 1.00. The maximum Gasteiger partial charge on any atom is 0.0101 e. The van der Waals surface area contributed by atoms with E-state index in [1.807, 2.05) is 0 Å². The summed E-state index contributed by atoms with van der Waals surface area (Å²) in [5, 5.41) is 1.93. The van der Waals surface area contributed by atoms with E-state index in [-0.39, 0.29) is 0 Å². The monoisotopic (exact) mass is 254 g/mol. The average molecular weight is 254 g/mol. The second-order valence-electron chi connectivity index (χ2n) is 7.01. The number of thioether (sulfide) groups is 1. The number of hydrogen-bond donors (Lipinski definition) is 0. The van der Waals surface area contributed by atoms with Crippen molar-refractivity contribution in [1.29, 1.82) is 0 Å². The second kappa shape index (κ2) is 5.99. The van der Waals surface area contributed by atoms with Crippen molar-refractivity contribution in [2.45, 2.75) is 76.7 Å². The zero-order valence-corrected chi connectivity index (χ0v) is 12.9. The van der Waals surface area contributed by atoms with Gasteiger partial charge in [-0.25, -0.2) is 0 Å². The van der Waals surface area contributed by atoms with E-state index in [9.17, 15) is 0 Å². The van der Waals surface area contributed by atoms with Gasteiger partial charge in [-0.2, -0.15) is 11.8 Å². The van der Waals surface area contributed by atoms with Crippen LogP contribution in [0.5, 0.6) is 0 Å². The van der Waals surface area contributed by atoms with Crippen LogP contribution in [-0.4, -0.2) is 10.5 Å². The highest BCUT2D eigenvalue weighted by atomic mass is 32.2. The lowest BCUT2D eigenvalue weighted by Gasteiger charge is -2.40. The summed E-state index contributed by atoms with van der Waals surface area (Å²) in [7, 11) is 0. The fourth-order valence-electron chi connectivity index (χ4n) is 4.05. The molecule has 2 aliphatic carbocycles. The Hall–Kier alpha value is 0.350. The third kappa shape index (κ3) is 3.66. The molecule has 0 aromatic rings. The van der Waals surface area contributed by atoms with Gasteiger partial charge >= 0.3 is 0 Å². The van der Waals surface area contributed by atoms with Crippen LogP contribution in [0.2, 0.25) is 0 Å². The zero-order chi connectivity index (χ0) is 12.4. The van der Waals surface area contributed by atoms with Crippen LogP contribution in [0, 0.1) is 23.7 Å². The summed E-state index contributed by atoms with van der Waals surface area (Å²) < 4.78 is 0. The first-order valence-corrected chi connectivity index (χ1v) is 8.66. The van der Waals surface area contributed by atoms with E-state index >= 15 is 0 Å². The predicted octanol–water partition coefficient (Wildman–Crippen LogP) is 5.37. The normalized spacial score (nSPS) is 48.0. The van der Waals surface area contributed by atoms with Gasteiger partial charge < -0.3 is 0 Å². The van der Waals surface area contributed by atoms with E-state index in [1.165, 1.54) is 38.5 Å². The van der Waals surface area contributed by atoms with Crippen molar-refractivity contribution < 1.29 is 0 Å². The first-order chi connectivity index (χ1) is 8.06. The first-order valence-electron chi connectivity index (χ1n) is 7.71. The highest BCUT2D eigenvalue weighted by Gasteiger charge is 2.34. The Morgan fingerprint density at radius 2 is 1.24 bits per heavy atom. The topological polar surface area (TPSA) is 0 Å². The molecule has 2 unspecified atom stereocenters. The molecule has 0 radical (unpaired) electrons. The van der Waals surface area contributed by atoms with Gasteiger partial charge in [0.25, 0.3) is 0 Å². The highest BCUT2D eigenvalue weighted by Crippen LogP contribution is 2.44. The summed E-state index contributed by atoms with van der Waals surface area (Å²) >= 11 is 2.36. The van der Waals surface area contributed by atoms with Gasteiger partial charge in [-0.3, -0.25) is 0 Å². The third-order valence-corrected chi connectivity index (χ3v) is 7.08. The molecule has 2 rings (SSSR count). The Balaban J connectivity index is 1.85. The Morgan fingerprint density at radius 3 is 1.76 bits per heavy atom. The lowest BCUT2D eigenvalue weighted by molar-refractivity contribution is 0.242. The molecule has 0 nitrogen and oxygen atoms in total. The molecule has 0 aromatic carbocycles. The highest BCUT2D eigenvalue weighted by molar-refractivity contribution is 8.00. The molecule has 0 aliphatic heterocycles. The molecule has 1 heteroatoms. The van der Waals surface area contributed by atoms with Crippen molar-refractivity contribution in [3.63, 3.8) is 0 Å². The van der Waals surface area contributed by atoms with Crippen molar-refractivity contribution in [3.05, 3.63) is 0 Å². The van der Waals surface area contributed by atoms with Crippen molar-refractivity contribution in [2.75, 3.05) is 0 Å². The largest absolute Gasteiger partial charge is 0.155 e. The molecule has 2 fully saturated rings. The molecule has 0 amide bonds. The third-order valence-electron chi connectivity index (χ3n) is 4.98. The zero-order valence-electron chi connectivity index (χ0n) is 12.1. The Bertz CT molecular complexity index is 218. The molecule has 0 aromatic heterocycles. The van der Waals surface area contributed by atoms with Crippen LogP contribution in [0.4, 0.5) is 0 Å². The molecule has 17 heavy (non-hydrogen) atoms. The summed E-state index contributed by atoms with van der Waals surface area (Å²) in [4.78, 5) is 0. The van der Waals surface area contributed by atoms with Crippen molar-refractivity contribution in [2.24, 2.45) is 23.7 Å². The maximum absolute atomic E-state index is 2.50.